The molecule has 2 aromatic carbocycles. The molecular formula is C27H36Cl2N2O2. The summed E-state index contributed by atoms with van der Waals surface area (Å²) in [6.45, 7) is 3.08. The first-order valence-corrected chi connectivity index (χ1v) is 11.7. The van der Waals surface area contributed by atoms with Gasteiger partial charge in [0.15, 0.2) is 0 Å². The van der Waals surface area contributed by atoms with Crippen LogP contribution >= 0.6 is 24.8 Å². The van der Waals surface area contributed by atoms with Crippen LogP contribution in [-0.4, -0.2) is 29.2 Å². The molecule has 0 radical (unpaired) electrons. The van der Waals surface area contributed by atoms with Crippen LogP contribution in [0.5, 0.6) is 0 Å². The van der Waals surface area contributed by atoms with Crippen molar-refractivity contribution in [3.05, 3.63) is 76.9 Å². The van der Waals surface area contributed by atoms with E-state index in [0.29, 0.717) is 29.6 Å². The molecule has 0 heterocycles. The van der Waals surface area contributed by atoms with E-state index < -0.39 is 5.97 Å². The second-order valence-corrected chi connectivity index (χ2v) is 9.03. The Labute approximate surface area is 210 Å². The average molecular weight is 492 g/mol. The fourth-order valence-electron chi connectivity index (χ4n) is 4.82. The van der Waals surface area contributed by atoms with Crippen LogP contribution in [0.15, 0.2) is 60.2 Å². The minimum atomic E-state index is -0.871. The van der Waals surface area contributed by atoms with E-state index in [1.807, 2.05) is 12.1 Å². The summed E-state index contributed by atoms with van der Waals surface area (Å²) in [6.07, 6.45) is 9.63. The molecule has 2 saturated carbocycles. The van der Waals surface area contributed by atoms with Crippen molar-refractivity contribution in [2.75, 3.05) is 0 Å². The fraction of sp³-hybridized carbons (Fsp3) is 0.444. The second-order valence-electron chi connectivity index (χ2n) is 9.03. The van der Waals surface area contributed by atoms with Crippen molar-refractivity contribution >= 4 is 36.9 Å². The Kier molecular flexibility index (Phi) is 10.9. The first-order valence-electron chi connectivity index (χ1n) is 11.7. The zero-order chi connectivity index (χ0) is 21.6. The van der Waals surface area contributed by atoms with Crippen LogP contribution in [0.25, 0.3) is 6.08 Å². The van der Waals surface area contributed by atoms with Gasteiger partial charge in [0.2, 0.25) is 0 Å². The summed E-state index contributed by atoms with van der Waals surface area (Å²) in [7, 11) is 0. The number of carbonyl (C=O) groups is 1. The monoisotopic (exact) mass is 490 g/mol. The molecule has 3 N–H and O–H groups in total. The molecule has 0 bridgehead atoms. The summed E-state index contributed by atoms with van der Waals surface area (Å²) in [5, 5.41) is 16.6. The van der Waals surface area contributed by atoms with Crippen molar-refractivity contribution < 1.29 is 9.90 Å². The lowest BCUT2D eigenvalue weighted by Gasteiger charge is -2.30. The zero-order valence-electron chi connectivity index (χ0n) is 19.2. The predicted octanol–water partition coefficient (Wildman–Crippen LogP) is 6.10. The molecule has 0 aliphatic heterocycles. The van der Waals surface area contributed by atoms with Crippen LogP contribution in [0.1, 0.15) is 66.9 Å². The number of halogens is 2. The van der Waals surface area contributed by atoms with E-state index in [1.54, 1.807) is 17.7 Å². The molecule has 180 valence electrons. The molecule has 6 heteroatoms. The Morgan fingerprint density at radius 3 is 2.21 bits per heavy atom. The predicted molar refractivity (Wildman–Crippen MR) is 141 cm³/mol. The molecule has 2 aliphatic carbocycles. The van der Waals surface area contributed by atoms with Crippen molar-refractivity contribution in [1.29, 1.82) is 0 Å². The Balaban J connectivity index is 0.00000193. The van der Waals surface area contributed by atoms with E-state index in [1.165, 1.54) is 37.7 Å². The molecule has 2 atom stereocenters. The largest absolute Gasteiger partial charge is 0.478 e. The highest BCUT2D eigenvalue weighted by Gasteiger charge is 2.40. The van der Waals surface area contributed by atoms with Gasteiger partial charge in [0, 0.05) is 24.7 Å². The summed E-state index contributed by atoms with van der Waals surface area (Å²) in [6, 6.07) is 19.7. The van der Waals surface area contributed by atoms with Gasteiger partial charge in [-0.2, -0.15) is 0 Å². The third kappa shape index (κ3) is 7.86. The van der Waals surface area contributed by atoms with E-state index in [4.69, 9.17) is 5.11 Å². The van der Waals surface area contributed by atoms with Gasteiger partial charge in [-0.05, 0) is 67.7 Å². The second kappa shape index (κ2) is 13.1. The summed E-state index contributed by atoms with van der Waals surface area (Å²) >= 11 is 0. The number of hydrogen-bond acceptors (Lipinski definition) is 3. The Morgan fingerprint density at radius 1 is 0.970 bits per heavy atom. The normalized spacial score (nSPS) is 24.3. The minimum absolute atomic E-state index is 0. The Morgan fingerprint density at radius 2 is 1.61 bits per heavy atom. The molecule has 0 amide bonds. The third-order valence-electron chi connectivity index (χ3n) is 6.80. The maximum absolute atomic E-state index is 11.0. The van der Waals surface area contributed by atoms with Gasteiger partial charge in [0.25, 0.3) is 0 Å². The van der Waals surface area contributed by atoms with Crippen LogP contribution in [0.2, 0.25) is 0 Å². The third-order valence-corrected chi connectivity index (χ3v) is 6.80. The number of nitrogens with one attached hydrogen (secondary N) is 2. The van der Waals surface area contributed by atoms with Gasteiger partial charge in [-0.15, -0.1) is 24.8 Å². The molecule has 0 saturated heterocycles. The molecule has 4 rings (SSSR count). The van der Waals surface area contributed by atoms with Gasteiger partial charge in [0.1, 0.15) is 0 Å². The molecular weight excluding hydrogens is 455 g/mol. The molecule has 33 heavy (non-hydrogen) atoms. The van der Waals surface area contributed by atoms with Crippen LogP contribution in [-0.2, 0) is 6.54 Å². The Bertz CT molecular complexity index is 894. The molecule has 0 spiro atoms. The zero-order valence-corrected chi connectivity index (χ0v) is 20.8. The molecule has 4 nitrogen and oxygen atoms in total. The average Bonchev–Trinajstić information content (AvgIpc) is 3.56. The number of rotatable bonds is 9. The highest BCUT2D eigenvalue weighted by Crippen LogP contribution is 2.40. The van der Waals surface area contributed by atoms with Crippen molar-refractivity contribution in [2.24, 2.45) is 5.92 Å². The number of hydrogen-bond donors (Lipinski definition) is 3. The fourth-order valence-corrected chi connectivity index (χ4v) is 4.82. The summed E-state index contributed by atoms with van der Waals surface area (Å²) in [5.74, 6) is -0.167. The Hall–Kier alpha value is -1.85. The van der Waals surface area contributed by atoms with Crippen molar-refractivity contribution in [1.82, 2.24) is 10.6 Å². The minimum Gasteiger partial charge on any atom is -0.478 e. The molecule has 0 aromatic heterocycles. The molecule has 0 unspecified atom stereocenters. The lowest BCUT2D eigenvalue weighted by atomic mass is 9.91. The van der Waals surface area contributed by atoms with E-state index >= 15 is 0 Å². The highest BCUT2D eigenvalue weighted by molar-refractivity contribution is 5.87. The molecule has 2 aromatic rings. The van der Waals surface area contributed by atoms with Gasteiger partial charge < -0.3 is 15.7 Å². The van der Waals surface area contributed by atoms with Crippen LogP contribution in [0.4, 0.5) is 0 Å². The summed E-state index contributed by atoms with van der Waals surface area (Å²) < 4.78 is 0. The van der Waals surface area contributed by atoms with Gasteiger partial charge >= 0.3 is 5.97 Å². The first kappa shape index (κ1) is 27.4. The van der Waals surface area contributed by atoms with Crippen molar-refractivity contribution in [3.63, 3.8) is 0 Å². The number of aromatic carboxylic acids is 1. The van der Waals surface area contributed by atoms with Gasteiger partial charge in [-0.3, -0.25) is 0 Å². The lowest BCUT2D eigenvalue weighted by Crippen LogP contribution is -2.40. The van der Waals surface area contributed by atoms with E-state index in [-0.39, 0.29) is 24.8 Å². The standard InChI is InChI=1S/C27H34N2O2.2ClH/c1-2-21(16-19-6-4-3-5-7-19)25-17-26(25)29-24-14-12-23(13-15-24)28-18-20-8-10-22(11-9-20)27(30)31;;/h3-11,16,23-26,28-29H,2,12-15,17-18H2,1H3,(H,30,31);2*1H/b21-16+;;/t23-,24-,25-,26+;;/m0../s1. The SMILES string of the molecule is CC/C(=C\c1ccccc1)[C@@H]1C[C@H]1N[C@H]1CC[C@H](NCc2ccc(C(=O)O)cc2)CC1.Cl.Cl. The first-order chi connectivity index (χ1) is 15.1. The van der Waals surface area contributed by atoms with E-state index in [9.17, 15) is 4.79 Å². The van der Waals surface area contributed by atoms with Crippen molar-refractivity contribution in [3.8, 4) is 0 Å². The highest BCUT2D eigenvalue weighted by atomic mass is 35.5. The molecule has 2 aliphatic rings. The lowest BCUT2D eigenvalue weighted by molar-refractivity contribution is 0.0697. The summed E-state index contributed by atoms with van der Waals surface area (Å²) in [4.78, 5) is 11.0. The molecule has 2 fully saturated rings. The van der Waals surface area contributed by atoms with Crippen molar-refractivity contribution in [2.45, 2.75) is 70.1 Å². The smallest absolute Gasteiger partial charge is 0.335 e. The van der Waals surface area contributed by atoms with Crippen LogP contribution in [0.3, 0.4) is 0 Å². The topological polar surface area (TPSA) is 61.4 Å². The maximum Gasteiger partial charge on any atom is 0.335 e. The van der Waals surface area contributed by atoms with E-state index in [2.05, 4.69) is 54.0 Å². The van der Waals surface area contributed by atoms with Gasteiger partial charge in [-0.1, -0.05) is 61.0 Å². The number of carboxylic acids is 1. The number of carboxylic acid groups (broad SMARTS) is 1. The van der Waals surface area contributed by atoms with E-state index in [0.717, 1.165) is 18.5 Å². The van der Waals surface area contributed by atoms with Gasteiger partial charge in [-0.25, -0.2) is 4.79 Å². The van der Waals surface area contributed by atoms with Crippen LogP contribution in [0, 0.1) is 5.92 Å². The van der Waals surface area contributed by atoms with Gasteiger partial charge in [0.05, 0.1) is 5.56 Å². The van der Waals surface area contributed by atoms with Crippen LogP contribution < -0.4 is 10.6 Å². The summed E-state index contributed by atoms with van der Waals surface area (Å²) in [5.41, 5.74) is 4.38. The number of benzene rings is 2. The maximum atomic E-state index is 11.0. The quantitative estimate of drug-likeness (QED) is 0.397.